The number of nitrogens with one attached hydrogen (secondary N) is 1. The summed E-state index contributed by atoms with van der Waals surface area (Å²) in [7, 11) is 0. The maximum Gasteiger partial charge on any atom is 0.0390 e. The largest absolute Gasteiger partial charge is 0.356 e. The first kappa shape index (κ1) is 15.1. The Balaban J connectivity index is 1.71. The van der Waals surface area contributed by atoms with E-state index in [1.165, 1.54) is 5.56 Å². The van der Waals surface area contributed by atoms with Crippen LogP contribution in [-0.4, -0.2) is 0 Å². The van der Waals surface area contributed by atoms with Gasteiger partial charge in [-0.1, -0.05) is 73.9 Å². The van der Waals surface area contributed by atoms with E-state index >= 15 is 0 Å². The number of allylic oxidation sites excluding steroid dienone is 3. The van der Waals surface area contributed by atoms with Crippen LogP contribution in [0.15, 0.2) is 85.6 Å². The first-order valence-electron chi connectivity index (χ1n) is 7.89. The highest BCUT2D eigenvalue weighted by atomic mass is 14.9. The molecule has 1 atom stereocenters. The van der Waals surface area contributed by atoms with Crippen molar-refractivity contribution in [3.8, 4) is 0 Å². The number of anilines is 1. The van der Waals surface area contributed by atoms with Crippen molar-refractivity contribution in [2.75, 3.05) is 5.32 Å². The number of hydrogen-bond donors (Lipinski definition) is 1. The van der Waals surface area contributed by atoms with E-state index in [0.717, 1.165) is 28.9 Å². The Morgan fingerprint density at radius 1 is 0.957 bits per heavy atom. The quantitative estimate of drug-likeness (QED) is 0.712. The molecule has 0 aliphatic heterocycles. The molecule has 1 N–H and O–H groups in total. The van der Waals surface area contributed by atoms with Crippen molar-refractivity contribution < 1.29 is 0 Å². The fourth-order valence-electron chi connectivity index (χ4n) is 2.84. The van der Waals surface area contributed by atoms with Gasteiger partial charge in [0.05, 0.1) is 0 Å². The molecule has 0 aromatic heterocycles. The van der Waals surface area contributed by atoms with Crippen molar-refractivity contribution in [3.63, 3.8) is 0 Å². The van der Waals surface area contributed by atoms with Gasteiger partial charge < -0.3 is 5.32 Å². The maximum absolute atomic E-state index is 3.87. The molecule has 1 heteroatoms. The van der Waals surface area contributed by atoms with Crippen LogP contribution in [-0.2, 0) is 0 Å². The normalized spacial score (nSPS) is 16.5. The molecule has 2 aromatic carbocycles. The molecule has 23 heavy (non-hydrogen) atoms. The minimum atomic E-state index is 0.466. The van der Waals surface area contributed by atoms with Crippen molar-refractivity contribution in [2.45, 2.75) is 12.3 Å². The molecule has 1 unspecified atom stereocenters. The van der Waals surface area contributed by atoms with Crippen LogP contribution in [0.3, 0.4) is 0 Å². The van der Waals surface area contributed by atoms with Gasteiger partial charge in [-0.2, -0.15) is 0 Å². The second-order valence-corrected chi connectivity index (χ2v) is 5.65. The second-order valence-electron chi connectivity index (χ2n) is 5.65. The molecular formula is C22H21N. The Hall–Kier alpha value is -2.80. The number of benzene rings is 2. The summed E-state index contributed by atoms with van der Waals surface area (Å²) in [5.74, 6) is 0.466. The molecule has 0 saturated carbocycles. The van der Waals surface area contributed by atoms with E-state index in [2.05, 4.69) is 85.2 Å². The molecule has 1 aliphatic rings. The third-order valence-corrected chi connectivity index (χ3v) is 4.14. The molecule has 114 valence electrons. The van der Waals surface area contributed by atoms with Crippen LogP contribution in [0.5, 0.6) is 0 Å². The van der Waals surface area contributed by atoms with E-state index in [9.17, 15) is 0 Å². The first-order chi connectivity index (χ1) is 11.3. The lowest BCUT2D eigenvalue weighted by Crippen LogP contribution is -2.04. The fraction of sp³-hybridized carbons (Fsp3) is 0.0909. The number of rotatable bonds is 5. The molecule has 1 nitrogen and oxygen atoms in total. The predicted molar refractivity (Wildman–Crippen MR) is 101 cm³/mol. The highest BCUT2D eigenvalue weighted by molar-refractivity contribution is 5.69. The van der Waals surface area contributed by atoms with Gasteiger partial charge in [-0.25, -0.2) is 0 Å². The molecular weight excluding hydrogens is 278 g/mol. The van der Waals surface area contributed by atoms with Gasteiger partial charge in [0.25, 0.3) is 0 Å². The lowest BCUT2D eigenvalue weighted by molar-refractivity contribution is 0.846. The van der Waals surface area contributed by atoms with Crippen LogP contribution in [0.2, 0.25) is 0 Å². The average molecular weight is 299 g/mol. The summed E-state index contributed by atoms with van der Waals surface area (Å²) in [4.78, 5) is 0. The highest BCUT2D eigenvalue weighted by Crippen LogP contribution is 2.27. The fourth-order valence-corrected chi connectivity index (χ4v) is 2.84. The van der Waals surface area contributed by atoms with Crippen molar-refractivity contribution >= 4 is 17.8 Å². The van der Waals surface area contributed by atoms with Gasteiger partial charge in [-0.3, -0.25) is 0 Å². The zero-order chi connectivity index (χ0) is 16.1. The minimum Gasteiger partial charge on any atom is -0.356 e. The molecule has 3 rings (SSSR count). The van der Waals surface area contributed by atoms with Crippen LogP contribution >= 0.6 is 0 Å². The van der Waals surface area contributed by atoms with Gasteiger partial charge in [0.15, 0.2) is 0 Å². The van der Waals surface area contributed by atoms with Crippen LogP contribution in [0.4, 0.5) is 5.69 Å². The van der Waals surface area contributed by atoms with Crippen molar-refractivity contribution in [3.05, 3.63) is 102 Å². The Labute approximate surface area is 138 Å². The van der Waals surface area contributed by atoms with Gasteiger partial charge in [-0.15, -0.1) is 0 Å². The summed E-state index contributed by atoms with van der Waals surface area (Å²) in [6.45, 7) is 7.70. The second kappa shape index (κ2) is 6.97. The van der Waals surface area contributed by atoms with E-state index in [1.807, 2.05) is 12.2 Å². The summed E-state index contributed by atoms with van der Waals surface area (Å²) in [5, 5.41) is 3.47. The Morgan fingerprint density at radius 3 is 2.39 bits per heavy atom. The molecule has 0 fully saturated rings. The SMILES string of the molecule is C=Cc1ccc(NC2=CCC(c3ccccc3)C=C2)cc1C=C. The van der Waals surface area contributed by atoms with Gasteiger partial charge in [0.2, 0.25) is 0 Å². The van der Waals surface area contributed by atoms with Gasteiger partial charge in [0, 0.05) is 17.3 Å². The zero-order valence-electron chi connectivity index (χ0n) is 13.2. The molecule has 2 aromatic rings. The third-order valence-electron chi connectivity index (χ3n) is 4.14. The van der Waals surface area contributed by atoms with E-state index in [0.29, 0.717) is 5.92 Å². The lowest BCUT2D eigenvalue weighted by atomic mass is 9.92. The van der Waals surface area contributed by atoms with E-state index in [-0.39, 0.29) is 0 Å². The molecule has 0 spiro atoms. The van der Waals surface area contributed by atoms with E-state index in [4.69, 9.17) is 0 Å². The van der Waals surface area contributed by atoms with E-state index in [1.54, 1.807) is 0 Å². The number of hydrogen-bond acceptors (Lipinski definition) is 1. The molecule has 0 amide bonds. The summed E-state index contributed by atoms with van der Waals surface area (Å²) in [6.07, 6.45) is 11.4. The highest BCUT2D eigenvalue weighted by Gasteiger charge is 2.11. The Kier molecular flexibility index (Phi) is 4.58. The smallest absolute Gasteiger partial charge is 0.0390 e. The van der Waals surface area contributed by atoms with Crippen molar-refractivity contribution in [1.82, 2.24) is 0 Å². The van der Waals surface area contributed by atoms with Crippen molar-refractivity contribution in [1.29, 1.82) is 0 Å². The predicted octanol–water partition coefficient (Wildman–Crippen LogP) is 6.01. The minimum absolute atomic E-state index is 0.466. The first-order valence-corrected chi connectivity index (χ1v) is 7.89. The molecule has 0 radical (unpaired) electrons. The van der Waals surface area contributed by atoms with Gasteiger partial charge in [0.1, 0.15) is 0 Å². The summed E-state index contributed by atoms with van der Waals surface area (Å²) in [6, 6.07) is 16.9. The summed E-state index contributed by atoms with van der Waals surface area (Å²) >= 11 is 0. The zero-order valence-corrected chi connectivity index (χ0v) is 13.2. The standard InChI is InChI=1S/C22H21N/c1-3-17-10-15-22(16-18(17)4-2)23-21-13-11-20(12-14-21)19-8-6-5-7-9-19/h3-11,13-16,20,23H,1-2,12H2. The monoisotopic (exact) mass is 299 g/mol. The molecule has 0 bridgehead atoms. The Morgan fingerprint density at radius 2 is 1.74 bits per heavy atom. The topological polar surface area (TPSA) is 12.0 Å². The van der Waals surface area contributed by atoms with Crippen LogP contribution in [0, 0.1) is 0 Å². The van der Waals surface area contributed by atoms with E-state index < -0.39 is 0 Å². The molecule has 1 aliphatic carbocycles. The summed E-state index contributed by atoms with van der Waals surface area (Å²) in [5.41, 5.74) is 5.76. The summed E-state index contributed by atoms with van der Waals surface area (Å²) < 4.78 is 0. The maximum atomic E-state index is 3.87. The molecule has 0 heterocycles. The van der Waals surface area contributed by atoms with Gasteiger partial charge in [-0.05, 0) is 41.3 Å². The Bertz CT molecular complexity index is 766. The third kappa shape index (κ3) is 3.51. The van der Waals surface area contributed by atoms with Crippen LogP contribution in [0.25, 0.3) is 12.2 Å². The van der Waals surface area contributed by atoms with Gasteiger partial charge >= 0.3 is 0 Å². The lowest BCUT2D eigenvalue weighted by Gasteiger charge is -2.18. The van der Waals surface area contributed by atoms with Crippen LogP contribution < -0.4 is 5.32 Å². The van der Waals surface area contributed by atoms with Crippen molar-refractivity contribution in [2.24, 2.45) is 0 Å². The van der Waals surface area contributed by atoms with Crippen LogP contribution in [0.1, 0.15) is 29.0 Å². The molecule has 0 saturated heterocycles. The average Bonchev–Trinajstić information content (AvgIpc) is 2.63.